The van der Waals surface area contributed by atoms with Gasteiger partial charge in [0.25, 0.3) is 0 Å². The lowest BCUT2D eigenvalue weighted by atomic mass is 9.72. The number of aromatic nitrogens is 2. The van der Waals surface area contributed by atoms with E-state index in [1.807, 2.05) is 77.9 Å². The number of likely N-dealkylation sites (N-methyl/N-ethyl adjacent to an activating group) is 1. The molecule has 1 amide bonds. The van der Waals surface area contributed by atoms with Crippen LogP contribution in [0.3, 0.4) is 0 Å². The van der Waals surface area contributed by atoms with Crippen LogP contribution in [0.2, 0.25) is 0 Å². The molecular formula is C44H64N6O10. The van der Waals surface area contributed by atoms with Gasteiger partial charge in [-0.15, -0.1) is 0 Å². The molecule has 4 saturated heterocycles. The third kappa shape index (κ3) is 8.52. The summed E-state index contributed by atoms with van der Waals surface area (Å²) < 4.78 is 39.9. The van der Waals surface area contributed by atoms with Gasteiger partial charge in [-0.3, -0.25) is 14.7 Å². The highest BCUT2D eigenvalue weighted by Gasteiger charge is 2.60. The van der Waals surface area contributed by atoms with Crippen molar-refractivity contribution in [1.82, 2.24) is 20.0 Å². The third-order valence-corrected chi connectivity index (χ3v) is 13.6. The molecule has 5 aliphatic heterocycles. The quantitative estimate of drug-likeness (QED) is 0.298. The number of aliphatic imine (C=N–C) groups is 1. The molecule has 330 valence electrons. The minimum absolute atomic E-state index is 0.0122. The van der Waals surface area contributed by atoms with Crippen molar-refractivity contribution in [3.63, 3.8) is 0 Å². The first kappa shape index (κ1) is 44.3. The van der Waals surface area contributed by atoms with Crippen molar-refractivity contribution < 1.29 is 48.0 Å². The van der Waals surface area contributed by atoms with Crippen molar-refractivity contribution in [2.75, 3.05) is 40.4 Å². The van der Waals surface area contributed by atoms with Crippen LogP contribution in [0.1, 0.15) is 80.2 Å². The number of benzene rings is 1. The Morgan fingerprint density at radius 2 is 1.83 bits per heavy atom. The Kier molecular flexibility index (Phi) is 13.2. The maximum absolute atomic E-state index is 14.6. The summed E-state index contributed by atoms with van der Waals surface area (Å²) in [6.45, 7) is 16.7. The highest BCUT2D eigenvalue weighted by Crippen LogP contribution is 2.45. The molecule has 16 nitrogen and oxygen atoms in total. The van der Waals surface area contributed by atoms with Crippen LogP contribution >= 0.6 is 0 Å². The molecule has 4 bridgehead atoms. The second-order valence-electron chi connectivity index (χ2n) is 18.2. The van der Waals surface area contributed by atoms with Gasteiger partial charge >= 0.3 is 12.1 Å². The Morgan fingerprint density at radius 1 is 1.07 bits per heavy atom. The largest absolute Gasteiger partial charge is 0.458 e. The number of hydrogen-bond donors (Lipinski definition) is 1. The van der Waals surface area contributed by atoms with Crippen LogP contribution in [-0.4, -0.2) is 149 Å². The second-order valence-corrected chi connectivity index (χ2v) is 18.2. The van der Waals surface area contributed by atoms with Crippen molar-refractivity contribution in [2.45, 2.75) is 141 Å². The summed E-state index contributed by atoms with van der Waals surface area (Å²) in [7, 11) is 3.87. The van der Waals surface area contributed by atoms with Crippen LogP contribution in [-0.2, 0) is 44.7 Å². The Labute approximate surface area is 353 Å². The summed E-state index contributed by atoms with van der Waals surface area (Å²) in [5.41, 5.74) is 0.698. The summed E-state index contributed by atoms with van der Waals surface area (Å²) in [5, 5.41) is 25.6. The van der Waals surface area contributed by atoms with E-state index in [0.29, 0.717) is 38.1 Å². The molecule has 0 radical (unpaired) electrons. The zero-order chi connectivity index (χ0) is 43.1. The van der Waals surface area contributed by atoms with Crippen molar-refractivity contribution in [1.29, 1.82) is 0 Å². The summed E-state index contributed by atoms with van der Waals surface area (Å²) >= 11 is 0. The normalized spacial score (nSPS) is 39.9. The molecule has 0 saturated carbocycles. The Hall–Kier alpha value is -3.80. The van der Waals surface area contributed by atoms with E-state index in [4.69, 9.17) is 38.3 Å². The first-order chi connectivity index (χ1) is 28.6. The lowest BCUT2D eigenvalue weighted by Gasteiger charge is -2.48. The van der Waals surface area contributed by atoms with Gasteiger partial charge in [0.15, 0.2) is 11.9 Å². The number of carbonyl (C=O) groups is 2. The molecule has 16 heteroatoms. The maximum Gasteiger partial charge on any atom is 0.410 e. The number of carbonyl (C=O) groups excluding carboxylic acids is 2. The van der Waals surface area contributed by atoms with Gasteiger partial charge in [-0.1, -0.05) is 51.0 Å². The molecule has 0 spiro atoms. The number of cyclic esters (lactones) is 1. The zero-order valence-corrected chi connectivity index (χ0v) is 36.8. The van der Waals surface area contributed by atoms with Crippen LogP contribution in [0.25, 0.3) is 10.9 Å². The van der Waals surface area contributed by atoms with Gasteiger partial charge in [0.05, 0.1) is 67.3 Å². The van der Waals surface area contributed by atoms with Gasteiger partial charge in [0, 0.05) is 41.1 Å². The standard InChI is InChI=1S/C44H64N6O10/c1-11-34-44(8)38-26(4)35(45-16-17-50(38)42(53)60-44)24(2)19-43(7)39(59-41-36(51)33(49(9)10)18-25(3)57-41)27(5)37(28(6)40(52)58-34)54-22-30(23-55-43)48-56-21-29-20-46-47-32-15-13-12-14-31(29)32/h12-15,20,24-28,33-34,36-39,41,51H,11,16-19,21-23H2,1-10H3/t24-,25+,26+,27-,28-,33-,34+,36+,37+,38-,39+,41-,43-,44-/m1/s1. The molecule has 1 N–H and O–H groups in total. The predicted octanol–water partition coefficient (Wildman–Crippen LogP) is 4.79. The highest BCUT2D eigenvalue weighted by atomic mass is 16.7. The average Bonchev–Trinajstić information content (AvgIpc) is 3.36. The van der Waals surface area contributed by atoms with Crippen LogP contribution in [0.4, 0.5) is 4.79 Å². The number of rotatable bonds is 7. The molecule has 1 aromatic carbocycles. The minimum atomic E-state index is -1.14. The number of nitrogens with zero attached hydrogens (tertiary/aromatic N) is 6. The van der Waals surface area contributed by atoms with E-state index in [1.165, 1.54) is 0 Å². The van der Waals surface area contributed by atoms with Crippen LogP contribution in [0.15, 0.2) is 40.6 Å². The zero-order valence-electron chi connectivity index (χ0n) is 36.8. The monoisotopic (exact) mass is 836 g/mol. The molecule has 2 aromatic rings. The minimum Gasteiger partial charge on any atom is -0.458 e. The Bertz CT molecular complexity index is 1930. The summed E-state index contributed by atoms with van der Waals surface area (Å²) in [5.74, 6) is -2.29. The summed E-state index contributed by atoms with van der Waals surface area (Å²) in [6.07, 6.45) is -1.84. The molecule has 0 aliphatic carbocycles. The molecule has 60 heavy (non-hydrogen) atoms. The fourth-order valence-electron chi connectivity index (χ4n) is 10.6. The second kappa shape index (κ2) is 17.9. The van der Waals surface area contributed by atoms with Crippen molar-refractivity contribution in [2.24, 2.45) is 33.8 Å². The number of aliphatic hydroxyl groups is 1. The van der Waals surface area contributed by atoms with Crippen molar-refractivity contribution in [3.05, 3.63) is 36.0 Å². The molecule has 7 rings (SSSR count). The van der Waals surface area contributed by atoms with E-state index >= 15 is 0 Å². The molecule has 0 unspecified atom stereocenters. The van der Waals surface area contributed by atoms with E-state index in [-0.39, 0.29) is 43.8 Å². The Balaban J connectivity index is 1.31. The van der Waals surface area contributed by atoms with Crippen molar-refractivity contribution in [3.8, 4) is 0 Å². The predicted molar refractivity (Wildman–Crippen MR) is 222 cm³/mol. The van der Waals surface area contributed by atoms with E-state index in [0.717, 1.165) is 22.2 Å². The molecule has 4 fully saturated rings. The van der Waals surface area contributed by atoms with E-state index in [1.54, 1.807) is 18.0 Å². The van der Waals surface area contributed by atoms with E-state index < -0.39 is 71.8 Å². The number of hydrogen-bond acceptors (Lipinski definition) is 15. The first-order valence-corrected chi connectivity index (χ1v) is 21.6. The first-order valence-electron chi connectivity index (χ1n) is 21.6. The van der Waals surface area contributed by atoms with Crippen LogP contribution in [0.5, 0.6) is 0 Å². The number of ether oxygens (including phenoxy) is 6. The lowest BCUT2D eigenvalue weighted by molar-refractivity contribution is -0.302. The SMILES string of the molecule is CC[C@@H]1OC(=O)[C@H](C)[C@H]2OCC(=NOCc3cnnc4ccccc34)CO[C@](C)(C[C@@H](C)C3=NCCN4C(=O)O[C@@]1(C)[C@H]4[C@H]3C)[C@@H](O[C@H]1O[C@@H](C)C[C@@H](N(C)C)[C@@H]1O)[C@@H]2C. The number of oxime groups is 1. The van der Waals surface area contributed by atoms with Gasteiger partial charge in [-0.05, 0) is 73.0 Å². The molecule has 1 aromatic heterocycles. The number of fused-ring (bicyclic) bond motifs is 5. The van der Waals surface area contributed by atoms with Crippen LogP contribution in [0, 0.1) is 23.7 Å². The molecular weight excluding hydrogens is 773 g/mol. The van der Waals surface area contributed by atoms with Gasteiger partial charge in [0.1, 0.15) is 24.5 Å². The number of esters is 1. The smallest absolute Gasteiger partial charge is 0.410 e. The van der Waals surface area contributed by atoms with E-state index in [9.17, 15) is 14.7 Å². The van der Waals surface area contributed by atoms with Gasteiger partial charge in [-0.2, -0.15) is 10.2 Å². The van der Waals surface area contributed by atoms with Gasteiger partial charge in [0.2, 0.25) is 0 Å². The summed E-state index contributed by atoms with van der Waals surface area (Å²) in [4.78, 5) is 43.0. The Morgan fingerprint density at radius 3 is 2.58 bits per heavy atom. The van der Waals surface area contributed by atoms with Gasteiger partial charge in [-0.25, -0.2) is 4.79 Å². The molecule has 14 atom stereocenters. The fourth-order valence-corrected chi connectivity index (χ4v) is 10.6. The van der Waals surface area contributed by atoms with Gasteiger partial charge < -0.3 is 43.3 Å². The third-order valence-electron chi connectivity index (χ3n) is 13.6. The number of amides is 1. The van der Waals surface area contributed by atoms with Crippen molar-refractivity contribution >= 4 is 34.4 Å². The molecule has 6 heterocycles. The number of aliphatic hydroxyl groups excluding tert-OH is 1. The average molecular weight is 837 g/mol. The lowest BCUT2D eigenvalue weighted by Crippen LogP contribution is -2.60. The van der Waals surface area contributed by atoms with Crippen LogP contribution < -0.4 is 0 Å². The topological polar surface area (TPSA) is 176 Å². The molecule has 5 aliphatic rings. The summed E-state index contributed by atoms with van der Waals surface area (Å²) in [6, 6.07) is 7.04. The van der Waals surface area contributed by atoms with E-state index in [2.05, 4.69) is 29.2 Å². The maximum atomic E-state index is 14.6. The fraction of sp³-hybridized carbons (Fsp3) is 0.727. The highest BCUT2D eigenvalue weighted by molar-refractivity contribution is 5.91.